The van der Waals surface area contributed by atoms with Crippen LogP contribution in [0.4, 0.5) is 11.4 Å². The lowest BCUT2D eigenvalue weighted by atomic mass is 10.0. The van der Waals surface area contributed by atoms with Crippen LogP contribution in [0.2, 0.25) is 0 Å². The lowest BCUT2D eigenvalue weighted by Gasteiger charge is -2.25. The fourth-order valence-corrected chi connectivity index (χ4v) is 2.28. The minimum absolute atomic E-state index is 0.744. The summed E-state index contributed by atoms with van der Waals surface area (Å²) in [6, 6.07) is 6.07. The first kappa shape index (κ1) is 13.4. The Labute approximate surface area is 107 Å². The van der Waals surface area contributed by atoms with E-state index in [9.17, 15) is 0 Å². The molecule has 1 aromatic carbocycles. The molecule has 0 aliphatic heterocycles. The third-order valence-corrected chi connectivity index (χ3v) is 3.58. The van der Waals surface area contributed by atoms with Gasteiger partial charge in [-0.15, -0.1) is 0 Å². The van der Waals surface area contributed by atoms with E-state index in [2.05, 4.69) is 47.8 Å². The molecule has 0 bridgehead atoms. The Kier molecular flexibility index (Phi) is 5.13. The Morgan fingerprint density at radius 1 is 1.31 bits per heavy atom. The molecule has 90 valence electrons. The van der Waals surface area contributed by atoms with Crippen molar-refractivity contribution in [2.75, 3.05) is 24.2 Å². The van der Waals surface area contributed by atoms with Gasteiger partial charge in [-0.25, -0.2) is 0 Å². The molecule has 0 aliphatic carbocycles. The molecule has 1 aromatic rings. The number of benzene rings is 1. The standard InChI is InChI=1S/C13H21BrN2/c1-4-10(5-2)9-16(3)13-7-6-11(14)8-12(13)15/h6-8,10H,4-5,9,15H2,1-3H3. The van der Waals surface area contributed by atoms with Crippen LogP contribution in [0.15, 0.2) is 22.7 Å². The molecule has 0 amide bonds. The molecule has 0 spiro atoms. The zero-order valence-electron chi connectivity index (χ0n) is 10.3. The number of hydrogen-bond acceptors (Lipinski definition) is 2. The zero-order chi connectivity index (χ0) is 12.1. The monoisotopic (exact) mass is 284 g/mol. The molecule has 0 saturated carbocycles. The summed E-state index contributed by atoms with van der Waals surface area (Å²) in [5.41, 5.74) is 7.97. The summed E-state index contributed by atoms with van der Waals surface area (Å²) < 4.78 is 1.03. The van der Waals surface area contributed by atoms with Crippen molar-refractivity contribution in [3.05, 3.63) is 22.7 Å². The van der Waals surface area contributed by atoms with Gasteiger partial charge >= 0.3 is 0 Å². The second-order valence-electron chi connectivity index (χ2n) is 4.27. The molecular formula is C13H21BrN2. The predicted molar refractivity (Wildman–Crippen MR) is 75.9 cm³/mol. The Morgan fingerprint density at radius 2 is 1.94 bits per heavy atom. The van der Waals surface area contributed by atoms with Crippen LogP contribution in [0.3, 0.4) is 0 Å². The summed E-state index contributed by atoms with van der Waals surface area (Å²) in [4.78, 5) is 2.25. The summed E-state index contributed by atoms with van der Waals surface area (Å²) in [5.74, 6) is 0.744. The maximum absolute atomic E-state index is 6.01. The minimum Gasteiger partial charge on any atom is -0.397 e. The number of hydrogen-bond donors (Lipinski definition) is 1. The van der Waals surface area contributed by atoms with E-state index in [-0.39, 0.29) is 0 Å². The summed E-state index contributed by atoms with van der Waals surface area (Å²) >= 11 is 3.43. The first-order valence-electron chi connectivity index (χ1n) is 5.84. The minimum atomic E-state index is 0.744. The largest absolute Gasteiger partial charge is 0.397 e. The molecule has 0 unspecified atom stereocenters. The molecule has 2 N–H and O–H groups in total. The molecule has 0 aromatic heterocycles. The van der Waals surface area contributed by atoms with Crippen LogP contribution in [0, 0.1) is 5.92 Å². The lowest BCUT2D eigenvalue weighted by molar-refractivity contribution is 0.494. The summed E-state index contributed by atoms with van der Waals surface area (Å²) in [5, 5.41) is 0. The van der Waals surface area contributed by atoms with Crippen molar-refractivity contribution < 1.29 is 0 Å². The van der Waals surface area contributed by atoms with Gasteiger partial charge < -0.3 is 10.6 Å². The third-order valence-electron chi connectivity index (χ3n) is 3.09. The number of rotatable bonds is 5. The highest BCUT2D eigenvalue weighted by atomic mass is 79.9. The van der Waals surface area contributed by atoms with Gasteiger partial charge in [-0.2, -0.15) is 0 Å². The highest BCUT2D eigenvalue weighted by molar-refractivity contribution is 9.10. The molecule has 1 rings (SSSR count). The topological polar surface area (TPSA) is 29.3 Å². The van der Waals surface area contributed by atoms with E-state index in [4.69, 9.17) is 5.73 Å². The molecule has 0 saturated heterocycles. The van der Waals surface area contributed by atoms with Gasteiger partial charge in [0.05, 0.1) is 11.4 Å². The predicted octanol–water partition coefficient (Wildman–Crippen LogP) is 3.90. The van der Waals surface area contributed by atoms with Crippen LogP contribution in [-0.2, 0) is 0 Å². The smallest absolute Gasteiger partial charge is 0.0598 e. The van der Waals surface area contributed by atoms with Crippen LogP contribution in [0.1, 0.15) is 26.7 Å². The van der Waals surface area contributed by atoms with Crippen molar-refractivity contribution in [1.82, 2.24) is 0 Å². The van der Waals surface area contributed by atoms with Crippen LogP contribution in [0.25, 0.3) is 0 Å². The maximum atomic E-state index is 6.01. The molecule has 0 radical (unpaired) electrons. The van der Waals surface area contributed by atoms with Crippen molar-refractivity contribution in [3.8, 4) is 0 Å². The van der Waals surface area contributed by atoms with E-state index in [1.165, 1.54) is 12.8 Å². The first-order chi connectivity index (χ1) is 7.58. The Bertz CT molecular complexity index is 335. The molecule has 0 heterocycles. The van der Waals surface area contributed by atoms with Gasteiger partial charge in [-0.05, 0) is 24.1 Å². The second-order valence-corrected chi connectivity index (χ2v) is 5.18. The summed E-state index contributed by atoms with van der Waals surface area (Å²) in [7, 11) is 2.11. The molecule has 0 aliphatic rings. The van der Waals surface area contributed by atoms with E-state index in [1.807, 2.05) is 12.1 Å². The van der Waals surface area contributed by atoms with Crippen LogP contribution < -0.4 is 10.6 Å². The Hall–Kier alpha value is -0.700. The van der Waals surface area contributed by atoms with Crippen molar-refractivity contribution in [3.63, 3.8) is 0 Å². The fourth-order valence-electron chi connectivity index (χ4n) is 1.91. The van der Waals surface area contributed by atoms with E-state index in [1.54, 1.807) is 0 Å². The summed E-state index contributed by atoms with van der Waals surface area (Å²) in [6.07, 6.45) is 2.44. The van der Waals surface area contributed by atoms with Crippen molar-refractivity contribution in [2.24, 2.45) is 5.92 Å². The lowest BCUT2D eigenvalue weighted by Crippen LogP contribution is -2.25. The Morgan fingerprint density at radius 3 is 2.44 bits per heavy atom. The van der Waals surface area contributed by atoms with E-state index in [0.29, 0.717) is 0 Å². The first-order valence-corrected chi connectivity index (χ1v) is 6.63. The van der Waals surface area contributed by atoms with Gasteiger partial charge in [-0.1, -0.05) is 42.6 Å². The third kappa shape index (κ3) is 3.41. The van der Waals surface area contributed by atoms with Crippen LogP contribution in [0.5, 0.6) is 0 Å². The number of anilines is 2. The van der Waals surface area contributed by atoms with Gasteiger partial charge in [0.25, 0.3) is 0 Å². The van der Waals surface area contributed by atoms with Crippen molar-refractivity contribution >= 4 is 27.3 Å². The highest BCUT2D eigenvalue weighted by Crippen LogP contribution is 2.27. The van der Waals surface area contributed by atoms with Crippen LogP contribution in [-0.4, -0.2) is 13.6 Å². The molecule has 0 atom stereocenters. The average molecular weight is 285 g/mol. The van der Waals surface area contributed by atoms with E-state index < -0.39 is 0 Å². The number of nitrogens with two attached hydrogens (primary N) is 1. The fraction of sp³-hybridized carbons (Fsp3) is 0.538. The zero-order valence-corrected chi connectivity index (χ0v) is 11.9. The maximum Gasteiger partial charge on any atom is 0.0598 e. The van der Waals surface area contributed by atoms with E-state index >= 15 is 0 Å². The summed E-state index contributed by atoms with van der Waals surface area (Å²) in [6.45, 7) is 5.55. The molecule has 0 fully saturated rings. The molecule has 16 heavy (non-hydrogen) atoms. The van der Waals surface area contributed by atoms with Gasteiger partial charge in [0.15, 0.2) is 0 Å². The molecule has 3 heteroatoms. The van der Waals surface area contributed by atoms with Gasteiger partial charge in [0.1, 0.15) is 0 Å². The average Bonchev–Trinajstić information content (AvgIpc) is 2.25. The van der Waals surface area contributed by atoms with Gasteiger partial charge in [0, 0.05) is 18.1 Å². The SMILES string of the molecule is CCC(CC)CN(C)c1ccc(Br)cc1N. The Balaban J connectivity index is 2.76. The van der Waals surface area contributed by atoms with Crippen molar-refractivity contribution in [2.45, 2.75) is 26.7 Å². The highest BCUT2D eigenvalue weighted by Gasteiger charge is 2.10. The number of nitrogen functional groups attached to an aromatic ring is 1. The number of halogens is 1. The normalized spacial score (nSPS) is 10.8. The second kappa shape index (κ2) is 6.14. The van der Waals surface area contributed by atoms with Crippen molar-refractivity contribution in [1.29, 1.82) is 0 Å². The molecular weight excluding hydrogens is 264 g/mol. The van der Waals surface area contributed by atoms with Crippen LogP contribution >= 0.6 is 15.9 Å². The quantitative estimate of drug-likeness (QED) is 0.831. The van der Waals surface area contributed by atoms with E-state index in [0.717, 1.165) is 28.3 Å². The number of nitrogens with zero attached hydrogens (tertiary/aromatic N) is 1. The van der Waals surface area contributed by atoms with Gasteiger partial charge in [-0.3, -0.25) is 0 Å². The molecule has 2 nitrogen and oxygen atoms in total. The van der Waals surface area contributed by atoms with Gasteiger partial charge in [0.2, 0.25) is 0 Å².